The van der Waals surface area contributed by atoms with Crippen LogP contribution in [0.3, 0.4) is 0 Å². The summed E-state index contributed by atoms with van der Waals surface area (Å²) in [5.74, 6) is 0. The number of pyridine rings is 2. The molecule has 2 aromatic carbocycles. The van der Waals surface area contributed by atoms with Crippen LogP contribution in [0.15, 0.2) is 82.3 Å². The molecule has 0 saturated heterocycles. The Morgan fingerprint density at radius 1 is 0.677 bits per heavy atom. The summed E-state index contributed by atoms with van der Waals surface area (Å²) >= 11 is 6.91. The maximum Gasteiger partial charge on any atom is 0.206 e. The summed E-state index contributed by atoms with van der Waals surface area (Å²) in [6.07, 6.45) is 6.87. The fourth-order valence-electron chi connectivity index (χ4n) is 3.12. The molecule has 0 aliphatic rings. The number of hydrogen-bond donors (Lipinski definition) is 0. The largest absolute Gasteiger partial charge is 0.412 e. The molecule has 3 nitrogen and oxygen atoms in total. The van der Waals surface area contributed by atoms with Crippen LogP contribution in [0.4, 0.5) is 0 Å². The van der Waals surface area contributed by atoms with Gasteiger partial charge >= 0.3 is 0 Å². The third kappa shape index (κ3) is 6.33. The van der Waals surface area contributed by atoms with Crippen molar-refractivity contribution in [1.29, 1.82) is 2.86 Å². The highest BCUT2D eigenvalue weighted by atomic mass is 79.9. The Morgan fingerprint density at radius 2 is 1.10 bits per heavy atom. The topological polar surface area (TPSA) is 57.3 Å². The van der Waals surface area contributed by atoms with E-state index in [2.05, 4.69) is 79.4 Å². The van der Waals surface area contributed by atoms with Gasteiger partial charge in [-0.3, -0.25) is 9.97 Å². The van der Waals surface area contributed by atoms with Gasteiger partial charge in [-0.05, 0) is 97.4 Å². The van der Waals surface area contributed by atoms with E-state index >= 15 is 0 Å². The lowest BCUT2D eigenvalue weighted by atomic mass is 9.99. The average molecular weight is 547 g/mol. The minimum Gasteiger partial charge on any atom is -0.412 e. The minimum absolute atomic E-state index is 0.332. The molecule has 2 aromatic heterocycles. The van der Waals surface area contributed by atoms with Crippen molar-refractivity contribution in [3.05, 3.63) is 105 Å². The molecule has 160 valence electrons. The number of aromatic nitrogens is 2. The molecule has 0 aliphatic heterocycles. The van der Waals surface area contributed by atoms with E-state index in [1.165, 1.54) is 28.5 Å². The Morgan fingerprint density at radius 3 is 1.55 bits per heavy atom. The first-order valence-electron chi connectivity index (χ1n) is 11.8. The van der Waals surface area contributed by atoms with E-state index in [9.17, 15) is 0 Å². The molecule has 0 atom stereocenters. The van der Waals surface area contributed by atoms with Gasteiger partial charge in [0.25, 0.3) is 0 Å². The predicted molar refractivity (Wildman–Crippen MR) is 137 cm³/mol. The molecule has 4 rings (SSSR count). The fourth-order valence-corrected chi connectivity index (χ4v) is 3.85. The van der Waals surface area contributed by atoms with Crippen LogP contribution in [-0.4, -0.2) is 18.3 Å². The quantitative estimate of drug-likeness (QED) is 0.262. The molecule has 2 heterocycles. The number of halogens is 2. The van der Waals surface area contributed by atoms with Gasteiger partial charge in [-0.1, -0.05) is 44.0 Å². The van der Waals surface area contributed by atoms with E-state index in [4.69, 9.17) is 6.97 Å². The molecule has 31 heavy (non-hydrogen) atoms. The van der Waals surface area contributed by atoms with Crippen molar-refractivity contribution in [2.45, 2.75) is 27.6 Å². The van der Waals surface area contributed by atoms with Gasteiger partial charge in [0.2, 0.25) is 2.86 Å². The van der Waals surface area contributed by atoms with Gasteiger partial charge in [0.05, 0.1) is 0 Å². The minimum atomic E-state index is -2.13. The Balaban J connectivity index is 0.000000232. The zero-order valence-corrected chi connectivity index (χ0v) is 20.7. The molecule has 0 spiro atoms. The van der Waals surface area contributed by atoms with Crippen molar-refractivity contribution < 1.29 is 9.59 Å². The molecule has 0 saturated carbocycles. The molecular weight excluding hydrogens is 516 g/mol. The zero-order valence-electron chi connectivity index (χ0n) is 22.5. The summed E-state index contributed by atoms with van der Waals surface area (Å²) < 4.78 is 35.5. The smallest absolute Gasteiger partial charge is 0.206 e. The predicted octanol–water partition coefficient (Wildman–Crippen LogP) is 7.43. The van der Waals surface area contributed by atoms with Crippen LogP contribution < -0.4 is 0 Å². The molecule has 2 N–H and O–H groups in total. The summed E-state index contributed by atoms with van der Waals surface area (Å²) in [7, 11) is 0. The normalized spacial score (nSPS) is 12.5. The summed E-state index contributed by atoms with van der Waals surface area (Å²) in [5, 5.41) is 0. The second-order valence-corrected chi connectivity index (χ2v) is 8.86. The molecule has 0 bridgehead atoms. The molecule has 5 heteroatoms. The highest BCUT2D eigenvalue weighted by Crippen LogP contribution is 2.29. The summed E-state index contributed by atoms with van der Waals surface area (Å²) in [6.45, 7) is 4.05. The first kappa shape index (κ1) is 18.3. The van der Waals surface area contributed by atoms with Crippen molar-refractivity contribution in [3.63, 3.8) is 0 Å². The lowest BCUT2D eigenvalue weighted by Gasteiger charge is -2.08. The first-order chi connectivity index (χ1) is 17.0. The van der Waals surface area contributed by atoms with E-state index in [-0.39, 0.29) is 0 Å². The van der Waals surface area contributed by atoms with Gasteiger partial charge in [-0.25, -0.2) is 0 Å². The second-order valence-electron chi connectivity index (χ2n) is 7.03. The van der Waals surface area contributed by atoms with E-state index < -0.39 is 6.85 Å². The van der Waals surface area contributed by atoms with Gasteiger partial charge in [0.15, 0.2) is 0 Å². The summed E-state index contributed by atoms with van der Waals surface area (Å²) in [4.78, 5) is 8.22. The van der Waals surface area contributed by atoms with Gasteiger partial charge < -0.3 is 5.48 Å². The molecule has 0 radical (unpaired) electrons. The maximum atomic E-state index is 7.58. The van der Waals surface area contributed by atoms with E-state index in [1.807, 2.05) is 43.6 Å². The molecule has 4 aromatic rings. The highest BCUT2D eigenvalue weighted by Gasteiger charge is 2.06. The molecule has 0 fully saturated rings. The molecule has 0 unspecified atom stereocenters. The van der Waals surface area contributed by atoms with Crippen LogP contribution in [0.25, 0.3) is 22.3 Å². The third-order valence-corrected chi connectivity index (χ3v) is 5.83. The zero-order chi connectivity index (χ0) is 26.9. The van der Waals surface area contributed by atoms with Crippen LogP contribution in [0, 0.1) is 27.6 Å². The van der Waals surface area contributed by atoms with Gasteiger partial charge in [-0.2, -0.15) is 0 Å². The van der Waals surface area contributed by atoms with E-state index in [1.54, 1.807) is 12.3 Å². The standard InChI is InChI=1S/2C13H12BrN.H2O/c2*1-9-3-4-11(14)7-12(9)13-8-15-6-5-10(13)2;/h2*3-8H,1-2H3;1H2/i2D3;;/hD2. The van der Waals surface area contributed by atoms with Crippen LogP contribution in [0.5, 0.6) is 0 Å². The number of benzene rings is 2. The lowest BCUT2D eigenvalue weighted by molar-refractivity contribution is 0.824. The Bertz CT molecular complexity index is 1300. The van der Waals surface area contributed by atoms with Crippen molar-refractivity contribution in [1.82, 2.24) is 9.97 Å². The summed E-state index contributed by atoms with van der Waals surface area (Å²) in [5.41, 5.74) is 10.6. The van der Waals surface area contributed by atoms with Gasteiger partial charge in [0.1, 0.15) is 0 Å². The third-order valence-electron chi connectivity index (χ3n) is 4.84. The SMILES string of the molecule is Cc1ccncc1-c1cc(Br)ccc1C.[2H]C([2H])([2H])c1ccncc1-c1cc(Br)ccc1C.[2H]O[2H]. The van der Waals surface area contributed by atoms with E-state index in [0.29, 0.717) is 11.1 Å². The van der Waals surface area contributed by atoms with Crippen molar-refractivity contribution in [2.24, 2.45) is 0 Å². The van der Waals surface area contributed by atoms with Crippen LogP contribution >= 0.6 is 31.9 Å². The maximum absolute atomic E-state index is 7.58. The van der Waals surface area contributed by atoms with Gasteiger partial charge in [-0.15, -0.1) is 0 Å². The molecule has 0 aliphatic carbocycles. The Hall–Kier alpha value is -2.34. The average Bonchev–Trinajstić information content (AvgIpc) is 2.83. The second kappa shape index (κ2) is 11.3. The molecular formula is C26H26Br2N2O. The summed E-state index contributed by atoms with van der Waals surface area (Å²) in [6, 6.07) is 15.7. The van der Waals surface area contributed by atoms with Crippen LogP contribution in [0.1, 0.15) is 26.4 Å². The number of rotatable bonds is 2. The van der Waals surface area contributed by atoms with Gasteiger partial charge in [0, 0.05) is 49.0 Å². The van der Waals surface area contributed by atoms with Crippen molar-refractivity contribution in [3.8, 4) is 22.3 Å². The number of nitrogens with zero attached hydrogens (tertiary/aromatic N) is 2. The highest BCUT2D eigenvalue weighted by molar-refractivity contribution is 9.10. The Labute approximate surface area is 208 Å². The lowest BCUT2D eigenvalue weighted by Crippen LogP contribution is -1.88. The number of aryl methyl sites for hydroxylation is 4. The van der Waals surface area contributed by atoms with Crippen molar-refractivity contribution >= 4 is 31.9 Å². The van der Waals surface area contributed by atoms with Crippen LogP contribution in [0.2, 0.25) is 0 Å². The Kier molecular flexibility index (Phi) is 6.67. The monoisotopic (exact) mass is 545 g/mol. The van der Waals surface area contributed by atoms with Crippen LogP contribution in [-0.2, 0) is 0 Å². The first-order valence-corrected chi connectivity index (χ1v) is 11.0. The van der Waals surface area contributed by atoms with E-state index in [0.717, 1.165) is 20.1 Å². The van der Waals surface area contributed by atoms with Crippen molar-refractivity contribution in [2.75, 3.05) is 0 Å². The number of hydrogen-bond acceptors (Lipinski definition) is 2. The fraction of sp³-hybridized carbons (Fsp3) is 0.154. The molecule has 0 amide bonds.